The predicted octanol–water partition coefficient (Wildman–Crippen LogP) is 3.76. The molecule has 0 spiro atoms. The third kappa shape index (κ3) is 4.69. The third-order valence-corrected chi connectivity index (χ3v) is 3.06. The average molecular weight is 325 g/mol. The highest BCUT2D eigenvalue weighted by molar-refractivity contribution is 9.10. The van der Waals surface area contributed by atoms with Gasteiger partial charge in [0.15, 0.2) is 0 Å². The average Bonchev–Trinajstić information content (AvgIpc) is 2.89. The van der Waals surface area contributed by atoms with Gasteiger partial charge in [-0.15, -0.1) is 0 Å². The van der Waals surface area contributed by atoms with Crippen molar-refractivity contribution in [1.29, 1.82) is 0 Å². The van der Waals surface area contributed by atoms with Crippen molar-refractivity contribution in [3.05, 3.63) is 46.5 Å². The van der Waals surface area contributed by atoms with Crippen molar-refractivity contribution in [2.45, 2.75) is 20.0 Å². The van der Waals surface area contributed by atoms with Gasteiger partial charge in [0, 0.05) is 23.8 Å². The molecule has 4 nitrogen and oxygen atoms in total. The Kier molecular flexibility index (Phi) is 5.42. The van der Waals surface area contributed by atoms with Gasteiger partial charge >= 0.3 is 0 Å². The minimum absolute atomic E-state index is 0.530. The van der Waals surface area contributed by atoms with Crippen LogP contribution in [0.2, 0.25) is 0 Å². The van der Waals surface area contributed by atoms with Gasteiger partial charge in [0.2, 0.25) is 0 Å². The van der Waals surface area contributed by atoms with Crippen LogP contribution in [0, 0.1) is 6.92 Å². The zero-order valence-corrected chi connectivity index (χ0v) is 12.4. The minimum atomic E-state index is 0.530. The van der Waals surface area contributed by atoms with Crippen LogP contribution in [-0.4, -0.2) is 18.1 Å². The van der Waals surface area contributed by atoms with E-state index in [9.17, 15) is 0 Å². The van der Waals surface area contributed by atoms with Crippen LogP contribution in [0.1, 0.15) is 17.7 Å². The lowest BCUT2D eigenvalue weighted by Crippen LogP contribution is -2.08. The number of nitrogens with zero attached hydrogens (tertiary/aromatic N) is 1. The van der Waals surface area contributed by atoms with Crippen LogP contribution in [0.5, 0.6) is 0 Å². The molecule has 2 rings (SSSR count). The van der Waals surface area contributed by atoms with Crippen molar-refractivity contribution >= 4 is 21.7 Å². The molecule has 19 heavy (non-hydrogen) atoms. The van der Waals surface area contributed by atoms with Gasteiger partial charge in [0.1, 0.15) is 18.2 Å². The molecule has 2 heterocycles. The maximum atomic E-state index is 5.50. The predicted molar refractivity (Wildman–Crippen MR) is 78.1 cm³/mol. The molecule has 102 valence electrons. The van der Waals surface area contributed by atoms with E-state index >= 15 is 0 Å². The lowest BCUT2D eigenvalue weighted by molar-refractivity contribution is 0.106. The van der Waals surface area contributed by atoms with Gasteiger partial charge in [-0.25, -0.2) is 4.98 Å². The van der Waals surface area contributed by atoms with E-state index in [1.54, 1.807) is 12.5 Å². The summed E-state index contributed by atoms with van der Waals surface area (Å²) in [5.74, 6) is 1.78. The summed E-state index contributed by atoms with van der Waals surface area (Å²) in [7, 11) is 0. The third-order valence-electron chi connectivity index (χ3n) is 2.63. The first-order valence-electron chi connectivity index (χ1n) is 6.22. The highest BCUT2D eigenvalue weighted by Gasteiger charge is 2.00. The fraction of sp³-hybridized carbons (Fsp3) is 0.357. The lowest BCUT2D eigenvalue weighted by atomic mass is 10.3. The quantitative estimate of drug-likeness (QED) is 0.788. The summed E-state index contributed by atoms with van der Waals surface area (Å²) in [5, 5.41) is 3.30. The Morgan fingerprint density at radius 3 is 3.11 bits per heavy atom. The first kappa shape index (κ1) is 14.1. The van der Waals surface area contributed by atoms with Gasteiger partial charge in [-0.1, -0.05) is 0 Å². The Bertz CT molecular complexity index is 500. The Morgan fingerprint density at radius 2 is 2.37 bits per heavy atom. The SMILES string of the molecule is Cc1cc(Br)cnc1NCCCOCc1ccco1. The fourth-order valence-corrected chi connectivity index (χ4v) is 2.12. The largest absolute Gasteiger partial charge is 0.467 e. The van der Waals surface area contributed by atoms with Crippen molar-refractivity contribution in [2.75, 3.05) is 18.5 Å². The minimum Gasteiger partial charge on any atom is -0.467 e. The van der Waals surface area contributed by atoms with E-state index < -0.39 is 0 Å². The highest BCUT2D eigenvalue weighted by atomic mass is 79.9. The number of ether oxygens (including phenoxy) is 1. The number of anilines is 1. The van der Waals surface area contributed by atoms with Gasteiger partial charge in [-0.05, 0) is 53.0 Å². The zero-order valence-electron chi connectivity index (χ0n) is 10.9. The molecule has 0 atom stereocenters. The number of furan rings is 1. The highest BCUT2D eigenvalue weighted by Crippen LogP contribution is 2.16. The summed E-state index contributed by atoms with van der Waals surface area (Å²) in [5.41, 5.74) is 1.13. The Hall–Kier alpha value is -1.33. The van der Waals surface area contributed by atoms with Crippen LogP contribution < -0.4 is 5.32 Å². The second-order valence-electron chi connectivity index (χ2n) is 4.23. The molecule has 2 aromatic rings. The number of halogens is 1. The maximum absolute atomic E-state index is 5.50. The molecule has 0 aromatic carbocycles. The van der Waals surface area contributed by atoms with Crippen LogP contribution in [0.15, 0.2) is 39.5 Å². The number of aromatic nitrogens is 1. The molecular weight excluding hydrogens is 308 g/mol. The van der Waals surface area contributed by atoms with E-state index in [1.165, 1.54) is 0 Å². The normalized spacial score (nSPS) is 10.6. The lowest BCUT2D eigenvalue weighted by Gasteiger charge is -2.08. The molecule has 0 radical (unpaired) electrons. The van der Waals surface area contributed by atoms with Crippen LogP contribution >= 0.6 is 15.9 Å². The Labute approximate surface area is 121 Å². The molecule has 0 saturated carbocycles. The van der Waals surface area contributed by atoms with Crippen LogP contribution in [0.25, 0.3) is 0 Å². The number of nitrogens with one attached hydrogen (secondary N) is 1. The van der Waals surface area contributed by atoms with Crippen LogP contribution in [0.3, 0.4) is 0 Å². The molecule has 2 aromatic heterocycles. The zero-order chi connectivity index (χ0) is 13.5. The van der Waals surface area contributed by atoms with Crippen LogP contribution in [-0.2, 0) is 11.3 Å². The molecule has 0 amide bonds. The molecule has 5 heteroatoms. The second kappa shape index (κ2) is 7.31. The standard InChI is InChI=1S/C14H17BrN2O2/c1-11-8-12(15)9-17-14(11)16-5-3-6-18-10-13-4-2-7-19-13/h2,4,7-9H,3,5-6,10H2,1H3,(H,16,17). The molecule has 0 bridgehead atoms. The summed E-state index contributed by atoms with van der Waals surface area (Å²) < 4.78 is 11.7. The van der Waals surface area contributed by atoms with Gasteiger partial charge < -0.3 is 14.5 Å². The smallest absolute Gasteiger partial charge is 0.129 e. The van der Waals surface area contributed by atoms with E-state index in [2.05, 4.69) is 26.2 Å². The number of hydrogen-bond donors (Lipinski definition) is 1. The maximum Gasteiger partial charge on any atom is 0.129 e. The van der Waals surface area contributed by atoms with E-state index in [4.69, 9.17) is 9.15 Å². The van der Waals surface area contributed by atoms with Crippen LogP contribution in [0.4, 0.5) is 5.82 Å². The van der Waals surface area contributed by atoms with Gasteiger partial charge in [-0.2, -0.15) is 0 Å². The van der Waals surface area contributed by atoms with Crippen molar-refractivity contribution < 1.29 is 9.15 Å². The van der Waals surface area contributed by atoms with E-state index in [1.807, 2.05) is 25.1 Å². The summed E-state index contributed by atoms with van der Waals surface area (Å²) in [6, 6.07) is 5.82. The summed E-state index contributed by atoms with van der Waals surface area (Å²) in [6.45, 7) is 4.10. The van der Waals surface area contributed by atoms with Gasteiger partial charge in [-0.3, -0.25) is 0 Å². The molecular formula is C14H17BrN2O2. The summed E-state index contributed by atoms with van der Waals surface area (Å²) in [4.78, 5) is 4.32. The molecule has 0 saturated heterocycles. The van der Waals surface area contributed by atoms with Crippen molar-refractivity contribution in [1.82, 2.24) is 4.98 Å². The first-order chi connectivity index (χ1) is 9.25. The number of hydrogen-bond acceptors (Lipinski definition) is 4. The van der Waals surface area contributed by atoms with Crippen molar-refractivity contribution in [3.8, 4) is 0 Å². The molecule has 0 aliphatic carbocycles. The number of aryl methyl sites for hydroxylation is 1. The van der Waals surface area contributed by atoms with E-state index in [0.29, 0.717) is 13.2 Å². The first-order valence-corrected chi connectivity index (χ1v) is 7.01. The fourth-order valence-electron chi connectivity index (χ4n) is 1.67. The molecule has 0 fully saturated rings. The van der Waals surface area contributed by atoms with Crippen molar-refractivity contribution in [2.24, 2.45) is 0 Å². The molecule has 1 N–H and O–H groups in total. The summed E-state index contributed by atoms with van der Waals surface area (Å²) in [6.07, 6.45) is 4.38. The molecule has 0 aliphatic rings. The van der Waals surface area contributed by atoms with Crippen molar-refractivity contribution in [3.63, 3.8) is 0 Å². The molecule has 0 unspecified atom stereocenters. The monoisotopic (exact) mass is 324 g/mol. The van der Waals surface area contributed by atoms with Gasteiger partial charge in [0.05, 0.1) is 6.26 Å². The van der Waals surface area contributed by atoms with E-state index in [-0.39, 0.29) is 0 Å². The Balaban J connectivity index is 1.61. The molecule has 0 aliphatic heterocycles. The van der Waals surface area contributed by atoms with E-state index in [0.717, 1.165) is 34.6 Å². The van der Waals surface area contributed by atoms with Gasteiger partial charge in [0.25, 0.3) is 0 Å². The number of pyridine rings is 1. The topological polar surface area (TPSA) is 47.3 Å². The Morgan fingerprint density at radius 1 is 1.47 bits per heavy atom. The second-order valence-corrected chi connectivity index (χ2v) is 5.15. The number of rotatable bonds is 7. The summed E-state index contributed by atoms with van der Waals surface area (Å²) >= 11 is 3.40.